The molecule has 0 aliphatic rings. The molecule has 6 heteroatoms. The molecule has 2 N–H and O–H groups in total. The summed E-state index contributed by atoms with van der Waals surface area (Å²) in [4.78, 5) is 0.186. The maximum atomic E-state index is 11.6. The minimum atomic E-state index is -3.50. The fourth-order valence-electron chi connectivity index (χ4n) is 0.927. The summed E-state index contributed by atoms with van der Waals surface area (Å²) in [6, 6.07) is 6.29. The molecule has 0 bridgehead atoms. The van der Waals surface area contributed by atoms with E-state index in [0.29, 0.717) is 0 Å². The Morgan fingerprint density at radius 1 is 1.40 bits per heavy atom. The van der Waals surface area contributed by atoms with Gasteiger partial charge in [-0.15, -0.1) is 0 Å². The molecule has 0 saturated carbocycles. The molecule has 1 unspecified atom stereocenters. The Balaban J connectivity index is 2.82. The van der Waals surface area contributed by atoms with Gasteiger partial charge in [0.15, 0.2) is 0 Å². The SMILES string of the molecule is CC(O)CNS(=O)(=O)c1ccc(Br)cc1. The molecule has 0 heterocycles. The van der Waals surface area contributed by atoms with Gasteiger partial charge in [0, 0.05) is 11.0 Å². The second-order valence-electron chi connectivity index (χ2n) is 3.15. The second kappa shape index (κ2) is 5.07. The largest absolute Gasteiger partial charge is 0.392 e. The summed E-state index contributed by atoms with van der Waals surface area (Å²) in [5.41, 5.74) is 0. The monoisotopic (exact) mass is 293 g/mol. The van der Waals surface area contributed by atoms with E-state index in [0.717, 1.165) is 4.47 Å². The van der Waals surface area contributed by atoms with Crippen LogP contribution in [0, 0.1) is 0 Å². The first-order valence-electron chi connectivity index (χ1n) is 4.35. The van der Waals surface area contributed by atoms with Crippen molar-refractivity contribution in [1.29, 1.82) is 0 Å². The lowest BCUT2D eigenvalue weighted by Crippen LogP contribution is -2.30. The maximum absolute atomic E-state index is 11.6. The second-order valence-corrected chi connectivity index (χ2v) is 5.84. The number of halogens is 1. The summed E-state index contributed by atoms with van der Waals surface area (Å²) < 4.78 is 26.3. The summed E-state index contributed by atoms with van der Waals surface area (Å²) in [6.45, 7) is 1.53. The third-order valence-electron chi connectivity index (χ3n) is 1.69. The zero-order valence-electron chi connectivity index (χ0n) is 8.14. The molecule has 1 aromatic rings. The molecule has 0 amide bonds. The highest BCUT2D eigenvalue weighted by Gasteiger charge is 2.13. The summed E-state index contributed by atoms with van der Waals surface area (Å²) in [5, 5.41) is 8.97. The predicted octanol–water partition coefficient (Wildman–Crippen LogP) is 1.11. The molecule has 0 fully saturated rings. The molecule has 84 valence electrons. The maximum Gasteiger partial charge on any atom is 0.240 e. The van der Waals surface area contributed by atoms with Crippen LogP contribution in [0.3, 0.4) is 0 Å². The molecular weight excluding hydrogens is 282 g/mol. The first-order valence-corrected chi connectivity index (χ1v) is 6.63. The van der Waals surface area contributed by atoms with Crippen molar-refractivity contribution in [3.8, 4) is 0 Å². The van der Waals surface area contributed by atoms with Crippen molar-refractivity contribution >= 4 is 26.0 Å². The minimum absolute atomic E-state index is 0.0123. The van der Waals surface area contributed by atoms with Crippen LogP contribution in [-0.2, 0) is 10.0 Å². The number of rotatable bonds is 4. The van der Waals surface area contributed by atoms with Gasteiger partial charge in [0.25, 0.3) is 0 Å². The number of aliphatic hydroxyl groups excluding tert-OH is 1. The van der Waals surface area contributed by atoms with Crippen molar-refractivity contribution in [2.24, 2.45) is 0 Å². The Hall–Kier alpha value is -0.430. The number of nitrogens with one attached hydrogen (secondary N) is 1. The van der Waals surface area contributed by atoms with Gasteiger partial charge in [0.1, 0.15) is 0 Å². The average molecular weight is 294 g/mol. The lowest BCUT2D eigenvalue weighted by Gasteiger charge is -2.08. The normalized spacial score (nSPS) is 13.8. The highest BCUT2D eigenvalue weighted by Crippen LogP contribution is 2.14. The lowest BCUT2D eigenvalue weighted by atomic mass is 10.4. The van der Waals surface area contributed by atoms with Crippen molar-refractivity contribution in [1.82, 2.24) is 4.72 Å². The van der Waals surface area contributed by atoms with Crippen molar-refractivity contribution in [2.45, 2.75) is 17.9 Å². The van der Waals surface area contributed by atoms with Gasteiger partial charge in [-0.05, 0) is 31.2 Å². The summed E-state index contributed by atoms with van der Waals surface area (Å²) in [7, 11) is -3.50. The van der Waals surface area contributed by atoms with Crippen molar-refractivity contribution < 1.29 is 13.5 Å². The number of hydrogen-bond donors (Lipinski definition) is 2. The molecule has 0 aromatic heterocycles. The first-order chi connectivity index (χ1) is 6.92. The third-order valence-corrected chi connectivity index (χ3v) is 3.66. The van der Waals surface area contributed by atoms with Crippen LogP contribution >= 0.6 is 15.9 Å². The smallest absolute Gasteiger partial charge is 0.240 e. The minimum Gasteiger partial charge on any atom is -0.392 e. The molecular formula is C9H12BrNO3S. The fourth-order valence-corrected chi connectivity index (χ4v) is 2.31. The van der Waals surface area contributed by atoms with Gasteiger partial charge in [0.05, 0.1) is 11.0 Å². The van der Waals surface area contributed by atoms with Gasteiger partial charge in [-0.1, -0.05) is 15.9 Å². The topological polar surface area (TPSA) is 66.4 Å². The van der Waals surface area contributed by atoms with Crippen molar-refractivity contribution in [2.75, 3.05) is 6.54 Å². The predicted molar refractivity (Wildman–Crippen MR) is 61.0 cm³/mol. The van der Waals surface area contributed by atoms with Crippen LogP contribution in [0.25, 0.3) is 0 Å². The van der Waals surface area contributed by atoms with Crippen LogP contribution in [0.1, 0.15) is 6.92 Å². The Labute approximate surface area is 97.5 Å². The zero-order chi connectivity index (χ0) is 11.5. The Morgan fingerprint density at radius 3 is 2.40 bits per heavy atom. The highest BCUT2D eigenvalue weighted by atomic mass is 79.9. The molecule has 0 aliphatic heterocycles. The van der Waals surface area contributed by atoms with Gasteiger partial charge >= 0.3 is 0 Å². The third kappa shape index (κ3) is 3.90. The van der Waals surface area contributed by atoms with Gasteiger partial charge in [-0.25, -0.2) is 13.1 Å². The van der Waals surface area contributed by atoms with E-state index in [4.69, 9.17) is 5.11 Å². The average Bonchev–Trinajstić information content (AvgIpc) is 2.16. The first kappa shape index (κ1) is 12.6. The van der Waals surface area contributed by atoms with E-state index < -0.39 is 16.1 Å². The van der Waals surface area contributed by atoms with E-state index in [9.17, 15) is 8.42 Å². The Bertz CT molecular complexity index is 413. The molecule has 0 saturated heterocycles. The Kier molecular flexibility index (Phi) is 4.27. The summed E-state index contributed by atoms with van der Waals surface area (Å²) in [5.74, 6) is 0. The molecule has 0 radical (unpaired) electrons. The van der Waals surface area contributed by atoms with Gasteiger partial charge in [-0.3, -0.25) is 0 Å². The van der Waals surface area contributed by atoms with Crippen molar-refractivity contribution in [3.63, 3.8) is 0 Å². The van der Waals surface area contributed by atoms with E-state index in [1.165, 1.54) is 19.1 Å². The van der Waals surface area contributed by atoms with Crippen LogP contribution in [-0.4, -0.2) is 26.2 Å². The van der Waals surface area contributed by atoms with Gasteiger partial charge in [0.2, 0.25) is 10.0 Å². The lowest BCUT2D eigenvalue weighted by molar-refractivity contribution is 0.198. The van der Waals surface area contributed by atoms with Crippen LogP contribution in [0.5, 0.6) is 0 Å². The van der Waals surface area contributed by atoms with E-state index in [1.54, 1.807) is 12.1 Å². The molecule has 15 heavy (non-hydrogen) atoms. The molecule has 0 aliphatic carbocycles. The summed E-state index contributed by atoms with van der Waals surface area (Å²) >= 11 is 3.22. The number of sulfonamides is 1. The number of hydrogen-bond acceptors (Lipinski definition) is 3. The van der Waals surface area contributed by atoms with Gasteiger partial charge < -0.3 is 5.11 Å². The van der Waals surface area contributed by atoms with Gasteiger partial charge in [-0.2, -0.15) is 0 Å². The highest BCUT2D eigenvalue weighted by molar-refractivity contribution is 9.10. The quantitative estimate of drug-likeness (QED) is 0.874. The van der Waals surface area contributed by atoms with E-state index in [1.807, 2.05) is 0 Å². The molecule has 0 spiro atoms. The fraction of sp³-hybridized carbons (Fsp3) is 0.333. The van der Waals surface area contributed by atoms with Crippen LogP contribution in [0.2, 0.25) is 0 Å². The van der Waals surface area contributed by atoms with E-state index in [2.05, 4.69) is 20.7 Å². The standard InChI is InChI=1S/C9H12BrNO3S/c1-7(12)6-11-15(13,14)9-4-2-8(10)3-5-9/h2-5,7,11-12H,6H2,1H3. The molecule has 1 rings (SSSR count). The van der Waals surface area contributed by atoms with Crippen molar-refractivity contribution in [3.05, 3.63) is 28.7 Å². The molecule has 1 atom stereocenters. The number of aliphatic hydroxyl groups is 1. The van der Waals surface area contributed by atoms with E-state index >= 15 is 0 Å². The van der Waals surface area contributed by atoms with E-state index in [-0.39, 0.29) is 11.4 Å². The number of benzene rings is 1. The molecule has 1 aromatic carbocycles. The Morgan fingerprint density at radius 2 is 1.93 bits per heavy atom. The van der Waals surface area contributed by atoms with Crippen LogP contribution in [0.4, 0.5) is 0 Å². The molecule has 4 nitrogen and oxygen atoms in total. The van der Waals surface area contributed by atoms with Crippen LogP contribution in [0.15, 0.2) is 33.6 Å². The van der Waals surface area contributed by atoms with Crippen LogP contribution < -0.4 is 4.72 Å². The summed E-state index contributed by atoms with van der Waals surface area (Å²) in [6.07, 6.45) is -0.699. The zero-order valence-corrected chi connectivity index (χ0v) is 10.5.